The summed E-state index contributed by atoms with van der Waals surface area (Å²) in [6.45, 7) is 9.83. The van der Waals surface area contributed by atoms with Crippen molar-refractivity contribution in [3.63, 3.8) is 0 Å². The lowest BCUT2D eigenvalue weighted by molar-refractivity contribution is -0.137. The predicted octanol–water partition coefficient (Wildman–Crippen LogP) is 3.77. The molecule has 0 aliphatic carbocycles. The summed E-state index contributed by atoms with van der Waals surface area (Å²) in [5.74, 6) is 0.384. The van der Waals surface area contributed by atoms with Crippen LogP contribution in [0.2, 0.25) is 0 Å². The molecule has 1 N–H and O–H groups in total. The van der Waals surface area contributed by atoms with Crippen LogP contribution in [0.15, 0.2) is 10.7 Å². The lowest BCUT2D eigenvalue weighted by atomic mass is 9.97. The fraction of sp³-hybridized carbons (Fsp3) is 0.737. The molecule has 0 radical (unpaired) electrons. The van der Waals surface area contributed by atoms with Crippen LogP contribution in [0.5, 0.6) is 0 Å². The highest BCUT2D eigenvalue weighted by molar-refractivity contribution is 5.91. The molecule has 0 aliphatic rings. The van der Waals surface area contributed by atoms with Crippen molar-refractivity contribution in [3.05, 3.63) is 17.8 Å². The maximum absolute atomic E-state index is 12.8. The quantitative estimate of drug-likeness (QED) is 0.622. The first-order chi connectivity index (χ1) is 12.1. The number of hydrogen-bond donors (Lipinski definition) is 1. The van der Waals surface area contributed by atoms with Gasteiger partial charge in [0.1, 0.15) is 6.26 Å². The van der Waals surface area contributed by atoms with Gasteiger partial charge in [0.25, 0.3) is 5.91 Å². The first-order valence-electron chi connectivity index (χ1n) is 9.58. The minimum atomic E-state index is -0.236. The van der Waals surface area contributed by atoms with Crippen molar-refractivity contribution in [2.45, 2.75) is 72.8 Å². The van der Waals surface area contributed by atoms with E-state index in [0.29, 0.717) is 25.5 Å². The van der Waals surface area contributed by atoms with Crippen molar-refractivity contribution >= 4 is 11.8 Å². The fourth-order valence-electron chi connectivity index (χ4n) is 2.73. The Morgan fingerprint density at radius 1 is 1.20 bits per heavy atom. The van der Waals surface area contributed by atoms with Gasteiger partial charge in [-0.1, -0.05) is 40.5 Å². The average Bonchev–Trinajstić information content (AvgIpc) is 3.08. The van der Waals surface area contributed by atoms with Crippen molar-refractivity contribution in [2.24, 2.45) is 5.92 Å². The molecule has 0 bridgehead atoms. The van der Waals surface area contributed by atoms with E-state index in [4.69, 9.17) is 4.42 Å². The number of carbonyl (C=O) groups excluding carboxylic acids is 2. The Balaban J connectivity index is 2.75. The summed E-state index contributed by atoms with van der Waals surface area (Å²) in [6, 6.07) is 0. The fourth-order valence-corrected chi connectivity index (χ4v) is 2.73. The van der Waals surface area contributed by atoms with Crippen LogP contribution in [0.25, 0.3) is 0 Å². The van der Waals surface area contributed by atoms with Crippen LogP contribution in [-0.2, 0) is 11.3 Å². The van der Waals surface area contributed by atoms with Crippen LogP contribution in [0.4, 0.5) is 0 Å². The number of amides is 2. The van der Waals surface area contributed by atoms with Crippen LogP contribution in [0, 0.1) is 5.92 Å². The van der Waals surface area contributed by atoms with Gasteiger partial charge < -0.3 is 14.6 Å². The molecule has 142 valence electrons. The van der Waals surface area contributed by atoms with Gasteiger partial charge in [-0.15, -0.1) is 0 Å². The zero-order valence-electron chi connectivity index (χ0n) is 16.1. The first-order valence-corrected chi connectivity index (χ1v) is 9.58. The molecule has 0 saturated carbocycles. The lowest BCUT2D eigenvalue weighted by Crippen LogP contribution is -2.36. The van der Waals surface area contributed by atoms with Crippen LogP contribution in [0.1, 0.15) is 82.6 Å². The van der Waals surface area contributed by atoms with Gasteiger partial charge >= 0.3 is 0 Å². The van der Waals surface area contributed by atoms with Gasteiger partial charge in [0, 0.05) is 19.0 Å². The predicted molar refractivity (Wildman–Crippen MR) is 98.1 cm³/mol. The highest BCUT2D eigenvalue weighted by Crippen LogP contribution is 2.18. The van der Waals surface area contributed by atoms with Gasteiger partial charge in [-0.3, -0.25) is 9.59 Å². The maximum atomic E-state index is 12.8. The zero-order chi connectivity index (χ0) is 18.7. The summed E-state index contributed by atoms with van der Waals surface area (Å²) in [5, 5.41) is 2.77. The number of nitrogens with one attached hydrogen (secondary N) is 1. The molecule has 1 unspecified atom stereocenters. The minimum Gasteiger partial charge on any atom is -0.446 e. The van der Waals surface area contributed by atoms with E-state index in [2.05, 4.69) is 24.1 Å². The molecule has 1 aromatic heterocycles. The van der Waals surface area contributed by atoms with Gasteiger partial charge in [-0.05, 0) is 25.7 Å². The smallest absolute Gasteiger partial charge is 0.273 e. The number of nitrogens with zero attached hydrogens (tertiary/aromatic N) is 2. The highest BCUT2D eigenvalue weighted by atomic mass is 16.3. The molecule has 2 amide bonds. The summed E-state index contributed by atoms with van der Waals surface area (Å²) in [6.07, 6.45) is 7.02. The molecule has 1 rings (SSSR count). The minimum absolute atomic E-state index is 0.0498. The largest absolute Gasteiger partial charge is 0.446 e. The second-order valence-electron chi connectivity index (χ2n) is 6.39. The second kappa shape index (κ2) is 11.7. The Morgan fingerprint density at radius 2 is 1.96 bits per heavy atom. The van der Waals surface area contributed by atoms with Crippen molar-refractivity contribution in [2.75, 3.05) is 13.1 Å². The molecule has 25 heavy (non-hydrogen) atoms. The van der Waals surface area contributed by atoms with Gasteiger partial charge in [-0.25, -0.2) is 4.98 Å². The van der Waals surface area contributed by atoms with E-state index in [1.165, 1.54) is 6.26 Å². The summed E-state index contributed by atoms with van der Waals surface area (Å²) in [4.78, 5) is 30.8. The molecule has 0 saturated heterocycles. The molecule has 0 aliphatic heterocycles. The Bertz CT molecular complexity index is 528. The molecule has 1 aromatic rings. The van der Waals surface area contributed by atoms with E-state index in [-0.39, 0.29) is 23.4 Å². The van der Waals surface area contributed by atoms with Gasteiger partial charge in [0.2, 0.25) is 11.8 Å². The third kappa shape index (κ3) is 6.88. The standard InChI is InChI=1S/C19H33N3O3/c1-5-9-10-15(8-4)19(24)22(12-7-3)13-17-21-16(14-25-17)18(23)20-11-6-2/h14-15H,5-13H2,1-4H3,(H,20,23). The molecule has 6 heteroatoms. The van der Waals surface area contributed by atoms with Crippen molar-refractivity contribution in [1.82, 2.24) is 15.2 Å². The van der Waals surface area contributed by atoms with E-state index in [9.17, 15) is 9.59 Å². The van der Waals surface area contributed by atoms with Gasteiger partial charge in [0.05, 0.1) is 6.54 Å². The van der Waals surface area contributed by atoms with Crippen molar-refractivity contribution in [1.29, 1.82) is 0 Å². The van der Waals surface area contributed by atoms with Crippen LogP contribution in [0.3, 0.4) is 0 Å². The summed E-state index contributed by atoms with van der Waals surface area (Å²) >= 11 is 0. The molecule has 1 heterocycles. The normalized spacial score (nSPS) is 12.0. The number of aromatic nitrogens is 1. The third-order valence-electron chi connectivity index (χ3n) is 4.20. The van der Waals surface area contributed by atoms with Gasteiger partial charge in [-0.2, -0.15) is 0 Å². The maximum Gasteiger partial charge on any atom is 0.273 e. The monoisotopic (exact) mass is 351 g/mol. The molecule has 0 spiro atoms. The molecule has 1 atom stereocenters. The third-order valence-corrected chi connectivity index (χ3v) is 4.20. The summed E-state index contributed by atoms with van der Waals surface area (Å²) in [5.41, 5.74) is 0.269. The topological polar surface area (TPSA) is 75.4 Å². The number of hydrogen-bond acceptors (Lipinski definition) is 4. The number of carbonyl (C=O) groups is 2. The molecular weight excluding hydrogens is 318 g/mol. The highest BCUT2D eigenvalue weighted by Gasteiger charge is 2.24. The molecule has 0 aromatic carbocycles. The Morgan fingerprint density at radius 3 is 2.56 bits per heavy atom. The SMILES string of the molecule is CCCCC(CC)C(=O)N(CCC)Cc1nc(C(=O)NCCC)co1. The average molecular weight is 351 g/mol. The lowest BCUT2D eigenvalue weighted by Gasteiger charge is -2.25. The van der Waals surface area contributed by atoms with Gasteiger partial charge in [0.15, 0.2) is 5.69 Å². The molecular formula is C19H33N3O3. The zero-order valence-corrected chi connectivity index (χ0v) is 16.1. The molecule has 6 nitrogen and oxygen atoms in total. The van der Waals surface area contributed by atoms with E-state index < -0.39 is 0 Å². The van der Waals surface area contributed by atoms with E-state index in [0.717, 1.165) is 38.5 Å². The summed E-state index contributed by atoms with van der Waals surface area (Å²) in [7, 11) is 0. The Kier molecular flexibility index (Phi) is 9.88. The first kappa shape index (κ1) is 21.2. The van der Waals surface area contributed by atoms with Crippen LogP contribution < -0.4 is 5.32 Å². The van der Waals surface area contributed by atoms with E-state index in [1.54, 1.807) is 0 Å². The van der Waals surface area contributed by atoms with Crippen molar-refractivity contribution < 1.29 is 14.0 Å². The van der Waals surface area contributed by atoms with Crippen LogP contribution >= 0.6 is 0 Å². The molecule has 0 fully saturated rings. The number of unbranched alkanes of at least 4 members (excludes halogenated alkanes) is 1. The Labute approximate surface area is 151 Å². The summed E-state index contributed by atoms with van der Waals surface area (Å²) < 4.78 is 5.42. The second-order valence-corrected chi connectivity index (χ2v) is 6.39. The Hall–Kier alpha value is -1.85. The number of oxazole rings is 1. The van der Waals surface area contributed by atoms with Crippen molar-refractivity contribution in [3.8, 4) is 0 Å². The van der Waals surface area contributed by atoms with Crippen LogP contribution in [-0.4, -0.2) is 34.8 Å². The number of rotatable bonds is 12. The van der Waals surface area contributed by atoms with E-state index in [1.807, 2.05) is 18.7 Å². The van der Waals surface area contributed by atoms with E-state index >= 15 is 0 Å².